The third-order valence-corrected chi connectivity index (χ3v) is 2.95. The summed E-state index contributed by atoms with van der Waals surface area (Å²) in [7, 11) is 0. The van der Waals surface area contributed by atoms with Crippen molar-refractivity contribution >= 4 is 5.69 Å². The van der Waals surface area contributed by atoms with Gasteiger partial charge in [-0.2, -0.15) is 0 Å². The minimum Gasteiger partial charge on any atom is -0.372 e. The SMILES string of the molecule is CCCNCc1ccccc1N(CC)CCC. The highest BCUT2D eigenvalue weighted by molar-refractivity contribution is 5.53. The molecule has 0 aromatic heterocycles. The number of hydrogen-bond donors (Lipinski definition) is 1. The molecule has 0 spiro atoms. The molecule has 96 valence electrons. The molecule has 1 aromatic rings. The summed E-state index contributed by atoms with van der Waals surface area (Å²) in [6.07, 6.45) is 2.39. The summed E-state index contributed by atoms with van der Waals surface area (Å²) < 4.78 is 0. The van der Waals surface area contributed by atoms with Gasteiger partial charge in [-0.25, -0.2) is 0 Å². The van der Waals surface area contributed by atoms with Crippen molar-refractivity contribution in [2.75, 3.05) is 24.5 Å². The molecule has 0 heterocycles. The Kier molecular flexibility index (Phi) is 6.71. The highest BCUT2D eigenvalue weighted by Crippen LogP contribution is 2.20. The van der Waals surface area contributed by atoms with Crippen molar-refractivity contribution in [3.8, 4) is 0 Å². The minimum absolute atomic E-state index is 0.976. The maximum Gasteiger partial charge on any atom is 0.0411 e. The Morgan fingerprint density at radius 3 is 2.47 bits per heavy atom. The van der Waals surface area contributed by atoms with E-state index in [-0.39, 0.29) is 0 Å². The van der Waals surface area contributed by atoms with E-state index in [4.69, 9.17) is 0 Å². The number of benzene rings is 1. The van der Waals surface area contributed by atoms with Crippen molar-refractivity contribution in [1.82, 2.24) is 5.32 Å². The summed E-state index contributed by atoms with van der Waals surface area (Å²) in [4.78, 5) is 2.46. The maximum atomic E-state index is 3.49. The van der Waals surface area contributed by atoms with Crippen LogP contribution in [0.2, 0.25) is 0 Å². The molecule has 0 fully saturated rings. The van der Waals surface area contributed by atoms with Crippen LogP contribution in [0.15, 0.2) is 24.3 Å². The third kappa shape index (κ3) is 4.39. The van der Waals surface area contributed by atoms with Gasteiger partial charge in [0.15, 0.2) is 0 Å². The van der Waals surface area contributed by atoms with E-state index >= 15 is 0 Å². The molecule has 0 unspecified atom stereocenters. The molecule has 0 aliphatic carbocycles. The summed E-state index contributed by atoms with van der Waals surface area (Å²) in [5, 5.41) is 3.49. The van der Waals surface area contributed by atoms with Crippen LogP contribution >= 0.6 is 0 Å². The Morgan fingerprint density at radius 2 is 1.82 bits per heavy atom. The quantitative estimate of drug-likeness (QED) is 0.693. The Hall–Kier alpha value is -1.02. The van der Waals surface area contributed by atoms with E-state index in [1.165, 1.54) is 24.1 Å². The zero-order valence-electron chi connectivity index (χ0n) is 11.5. The van der Waals surface area contributed by atoms with Gasteiger partial charge in [-0.15, -0.1) is 0 Å². The van der Waals surface area contributed by atoms with E-state index in [1.54, 1.807) is 0 Å². The standard InChI is InChI=1S/C15H26N2/c1-4-11-16-13-14-9-7-8-10-15(14)17(6-3)12-5-2/h7-10,16H,4-6,11-13H2,1-3H3. The molecule has 0 saturated carbocycles. The molecule has 0 bridgehead atoms. The van der Waals surface area contributed by atoms with Crippen LogP contribution in [0.3, 0.4) is 0 Å². The van der Waals surface area contributed by atoms with Crippen LogP contribution in [0.4, 0.5) is 5.69 Å². The number of anilines is 1. The lowest BCUT2D eigenvalue weighted by atomic mass is 10.1. The predicted molar refractivity (Wildman–Crippen MR) is 76.6 cm³/mol. The molecule has 1 rings (SSSR count). The van der Waals surface area contributed by atoms with Crippen molar-refractivity contribution in [1.29, 1.82) is 0 Å². The van der Waals surface area contributed by atoms with Gasteiger partial charge in [0.05, 0.1) is 0 Å². The average molecular weight is 234 g/mol. The zero-order chi connectivity index (χ0) is 12.5. The summed E-state index contributed by atoms with van der Waals surface area (Å²) in [6.45, 7) is 11.0. The van der Waals surface area contributed by atoms with E-state index in [0.717, 1.165) is 26.2 Å². The molecule has 0 radical (unpaired) electrons. The molecule has 2 nitrogen and oxygen atoms in total. The zero-order valence-corrected chi connectivity index (χ0v) is 11.5. The normalized spacial score (nSPS) is 10.5. The maximum absolute atomic E-state index is 3.49. The fourth-order valence-electron chi connectivity index (χ4n) is 2.09. The Balaban J connectivity index is 2.74. The van der Waals surface area contributed by atoms with Crippen molar-refractivity contribution < 1.29 is 0 Å². The van der Waals surface area contributed by atoms with Crippen LogP contribution in [0, 0.1) is 0 Å². The molecule has 0 saturated heterocycles. The van der Waals surface area contributed by atoms with Crippen LogP contribution in [0.25, 0.3) is 0 Å². The number of hydrogen-bond acceptors (Lipinski definition) is 2. The first kappa shape index (κ1) is 14.0. The smallest absolute Gasteiger partial charge is 0.0411 e. The summed E-state index contributed by atoms with van der Waals surface area (Å²) in [5.41, 5.74) is 2.80. The van der Waals surface area contributed by atoms with Gasteiger partial charge in [0.2, 0.25) is 0 Å². The number of nitrogens with one attached hydrogen (secondary N) is 1. The van der Waals surface area contributed by atoms with Crippen LogP contribution in [-0.2, 0) is 6.54 Å². The van der Waals surface area contributed by atoms with Gasteiger partial charge in [0, 0.05) is 25.3 Å². The second kappa shape index (κ2) is 8.13. The lowest BCUT2D eigenvalue weighted by Gasteiger charge is -2.25. The Bertz CT molecular complexity index is 310. The van der Waals surface area contributed by atoms with E-state index in [9.17, 15) is 0 Å². The highest BCUT2D eigenvalue weighted by atomic mass is 15.1. The first-order valence-corrected chi connectivity index (χ1v) is 6.87. The van der Waals surface area contributed by atoms with Gasteiger partial charge in [-0.3, -0.25) is 0 Å². The molecule has 0 aliphatic heterocycles. The van der Waals surface area contributed by atoms with Gasteiger partial charge < -0.3 is 10.2 Å². The van der Waals surface area contributed by atoms with Crippen molar-refractivity contribution in [3.63, 3.8) is 0 Å². The first-order chi connectivity index (χ1) is 8.33. The van der Waals surface area contributed by atoms with Crippen LogP contribution in [0.1, 0.15) is 39.2 Å². The van der Waals surface area contributed by atoms with Gasteiger partial charge in [-0.05, 0) is 37.9 Å². The predicted octanol–water partition coefficient (Wildman–Crippen LogP) is 3.42. The van der Waals surface area contributed by atoms with Crippen LogP contribution in [-0.4, -0.2) is 19.6 Å². The lowest BCUT2D eigenvalue weighted by Crippen LogP contribution is -2.26. The summed E-state index contributed by atoms with van der Waals surface area (Å²) >= 11 is 0. The van der Waals surface area contributed by atoms with E-state index in [0.29, 0.717) is 0 Å². The van der Waals surface area contributed by atoms with Crippen molar-refractivity contribution in [2.45, 2.75) is 40.2 Å². The van der Waals surface area contributed by atoms with E-state index in [2.05, 4.69) is 55.3 Å². The van der Waals surface area contributed by atoms with E-state index < -0.39 is 0 Å². The van der Waals surface area contributed by atoms with Crippen molar-refractivity contribution in [3.05, 3.63) is 29.8 Å². The minimum atomic E-state index is 0.976. The van der Waals surface area contributed by atoms with Gasteiger partial charge in [-0.1, -0.05) is 32.0 Å². The fourth-order valence-corrected chi connectivity index (χ4v) is 2.09. The largest absolute Gasteiger partial charge is 0.372 e. The Morgan fingerprint density at radius 1 is 1.06 bits per heavy atom. The van der Waals surface area contributed by atoms with Gasteiger partial charge >= 0.3 is 0 Å². The second-order valence-corrected chi connectivity index (χ2v) is 4.39. The topological polar surface area (TPSA) is 15.3 Å². The number of para-hydroxylation sites is 1. The summed E-state index contributed by atoms with van der Waals surface area (Å²) in [6, 6.07) is 8.74. The van der Waals surface area contributed by atoms with Crippen LogP contribution < -0.4 is 10.2 Å². The first-order valence-electron chi connectivity index (χ1n) is 6.87. The molecule has 17 heavy (non-hydrogen) atoms. The average Bonchev–Trinajstić information content (AvgIpc) is 2.37. The van der Waals surface area contributed by atoms with Gasteiger partial charge in [0.1, 0.15) is 0 Å². The lowest BCUT2D eigenvalue weighted by molar-refractivity contribution is 0.671. The summed E-state index contributed by atoms with van der Waals surface area (Å²) in [5.74, 6) is 0. The molecule has 2 heteroatoms. The molecule has 0 amide bonds. The molecule has 0 aliphatic rings. The second-order valence-electron chi connectivity index (χ2n) is 4.39. The monoisotopic (exact) mass is 234 g/mol. The van der Waals surface area contributed by atoms with Crippen LogP contribution in [0.5, 0.6) is 0 Å². The number of nitrogens with zero attached hydrogens (tertiary/aromatic N) is 1. The molecular formula is C15H26N2. The third-order valence-electron chi connectivity index (χ3n) is 2.95. The molecule has 1 aromatic carbocycles. The molecular weight excluding hydrogens is 208 g/mol. The fraction of sp³-hybridized carbons (Fsp3) is 0.600. The van der Waals surface area contributed by atoms with E-state index in [1.807, 2.05) is 0 Å². The molecule has 0 atom stereocenters. The molecule has 1 N–H and O–H groups in total. The van der Waals surface area contributed by atoms with Crippen molar-refractivity contribution in [2.24, 2.45) is 0 Å². The highest BCUT2D eigenvalue weighted by Gasteiger charge is 2.07. The Labute approximate surface area is 106 Å². The van der Waals surface area contributed by atoms with Gasteiger partial charge in [0.25, 0.3) is 0 Å². The number of rotatable bonds is 8.